The van der Waals surface area contributed by atoms with Gasteiger partial charge in [0.05, 0.1) is 11.3 Å². The van der Waals surface area contributed by atoms with Crippen LogP contribution in [0.3, 0.4) is 0 Å². The number of rotatable bonds is 4. The highest BCUT2D eigenvalue weighted by atomic mass is 32.2. The molecule has 0 bridgehead atoms. The molecule has 2 heterocycles. The molecule has 0 aromatic carbocycles. The Morgan fingerprint density at radius 2 is 2.04 bits per heavy atom. The minimum Gasteiger partial charge on any atom is -0.369 e. The molecular weight excluding hydrogens is 310 g/mol. The number of hydrogen-bond acceptors (Lipinski definition) is 4. The first-order valence-corrected chi connectivity index (χ1v) is 9.29. The highest BCUT2D eigenvalue weighted by Crippen LogP contribution is 2.36. The normalized spacial score (nSPS) is 24.1. The summed E-state index contributed by atoms with van der Waals surface area (Å²) >= 11 is 1.24. The van der Waals surface area contributed by atoms with E-state index in [4.69, 9.17) is 5.73 Å². The summed E-state index contributed by atoms with van der Waals surface area (Å²) in [6, 6.07) is 3.57. The third-order valence-electron chi connectivity index (χ3n) is 4.93. The van der Waals surface area contributed by atoms with Crippen LogP contribution in [0.25, 0.3) is 0 Å². The Labute approximate surface area is 141 Å². The van der Waals surface area contributed by atoms with Crippen molar-refractivity contribution in [2.24, 2.45) is 17.6 Å². The maximum atomic E-state index is 12.9. The topological polar surface area (TPSA) is 76.3 Å². The molecule has 1 saturated carbocycles. The second-order valence-corrected chi connectivity index (χ2v) is 7.42. The molecule has 2 N–H and O–H groups in total. The van der Waals surface area contributed by atoms with Gasteiger partial charge in [-0.15, -0.1) is 0 Å². The van der Waals surface area contributed by atoms with E-state index in [9.17, 15) is 9.59 Å². The fourth-order valence-electron chi connectivity index (χ4n) is 3.76. The lowest BCUT2D eigenvalue weighted by Crippen LogP contribution is -2.44. The van der Waals surface area contributed by atoms with Gasteiger partial charge >= 0.3 is 0 Å². The predicted molar refractivity (Wildman–Crippen MR) is 90.1 cm³/mol. The first-order chi connectivity index (χ1) is 11.1. The quantitative estimate of drug-likeness (QED) is 0.858. The summed E-state index contributed by atoms with van der Waals surface area (Å²) in [6.45, 7) is 1.69. The molecule has 2 atom stereocenters. The molecule has 2 aliphatic rings. The number of likely N-dealkylation sites (tertiary alicyclic amines) is 1. The van der Waals surface area contributed by atoms with Crippen molar-refractivity contribution in [2.45, 2.75) is 37.1 Å². The van der Waals surface area contributed by atoms with E-state index in [0.717, 1.165) is 25.4 Å². The number of carbonyl (C=O) groups is 2. The van der Waals surface area contributed by atoms with Crippen LogP contribution in [0.1, 0.15) is 42.5 Å². The van der Waals surface area contributed by atoms with E-state index in [1.165, 1.54) is 37.4 Å². The van der Waals surface area contributed by atoms with Crippen LogP contribution in [0.4, 0.5) is 0 Å². The summed E-state index contributed by atoms with van der Waals surface area (Å²) in [5, 5.41) is 0.599. The highest BCUT2D eigenvalue weighted by molar-refractivity contribution is 8.00. The van der Waals surface area contributed by atoms with Gasteiger partial charge in [0, 0.05) is 19.3 Å². The van der Waals surface area contributed by atoms with Gasteiger partial charge in [0.1, 0.15) is 5.03 Å². The van der Waals surface area contributed by atoms with E-state index in [0.29, 0.717) is 16.5 Å². The summed E-state index contributed by atoms with van der Waals surface area (Å²) in [7, 11) is 0. The van der Waals surface area contributed by atoms with Gasteiger partial charge < -0.3 is 10.6 Å². The monoisotopic (exact) mass is 333 g/mol. The molecule has 0 radical (unpaired) electrons. The van der Waals surface area contributed by atoms with Gasteiger partial charge in [0.2, 0.25) is 5.91 Å². The van der Waals surface area contributed by atoms with Crippen LogP contribution in [0.5, 0.6) is 0 Å². The Morgan fingerprint density at radius 3 is 2.83 bits per heavy atom. The van der Waals surface area contributed by atoms with Crippen LogP contribution in [-0.4, -0.2) is 40.5 Å². The van der Waals surface area contributed by atoms with Crippen molar-refractivity contribution < 1.29 is 9.59 Å². The molecule has 0 unspecified atom stereocenters. The number of nitrogens with zero attached hydrogens (tertiary/aromatic N) is 2. The molecule has 23 heavy (non-hydrogen) atoms. The maximum absolute atomic E-state index is 12.9. The molecule has 2 amide bonds. The zero-order valence-corrected chi connectivity index (χ0v) is 14.1. The summed E-state index contributed by atoms with van der Waals surface area (Å²) in [5.74, 6) is 1.23. The average Bonchev–Trinajstić information content (AvgIpc) is 2.59. The molecule has 0 spiro atoms. The number of piperidine rings is 1. The SMILES string of the molecule is NC(=O)CSc1ncccc1C(=O)N1CC[C@@H]2CCCC[C@@H]2C1. The fraction of sp³-hybridized carbons (Fsp3) is 0.588. The number of aromatic nitrogens is 1. The van der Waals surface area contributed by atoms with E-state index >= 15 is 0 Å². The van der Waals surface area contributed by atoms with Crippen LogP contribution in [-0.2, 0) is 4.79 Å². The Morgan fingerprint density at radius 1 is 1.26 bits per heavy atom. The van der Waals surface area contributed by atoms with Crippen LogP contribution in [0.2, 0.25) is 0 Å². The molecule has 6 heteroatoms. The van der Waals surface area contributed by atoms with Crippen molar-refractivity contribution >= 4 is 23.6 Å². The van der Waals surface area contributed by atoms with Gasteiger partial charge in [-0.1, -0.05) is 31.0 Å². The predicted octanol–water partition coefficient (Wildman–Crippen LogP) is 2.31. The summed E-state index contributed by atoms with van der Waals surface area (Å²) in [6.07, 6.45) is 7.94. The van der Waals surface area contributed by atoms with Crippen molar-refractivity contribution in [1.29, 1.82) is 0 Å². The second kappa shape index (κ2) is 7.34. The van der Waals surface area contributed by atoms with Crippen molar-refractivity contribution in [2.75, 3.05) is 18.8 Å². The molecule has 1 aliphatic heterocycles. The number of hydrogen-bond donors (Lipinski definition) is 1. The van der Waals surface area contributed by atoms with Crippen LogP contribution < -0.4 is 5.73 Å². The first-order valence-electron chi connectivity index (χ1n) is 8.30. The fourth-order valence-corrected chi connectivity index (χ4v) is 4.49. The lowest BCUT2D eigenvalue weighted by Gasteiger charge is -2.41. The van der Waals surface area contributed by atoms with Gasteiger partial charge in [-0.25, -0.2) is 4.98 Å². The zero-order valence-electron chi connectivity index (χ0n) is 13.2. The summed E-state index contributed by atoms with van der Waals surface area (Å²) < 4.78 is 0. The molecule has 5 nitrogen and oxygen atoms in total. The minimum atomic E-state index is -0.401. The van der Waals surface area contributed by atoms with Crippen molar-refractivity contribution in [1.82, 2.24) is 9.88 Å². The van der Waals surface area contributed by atoms with Gasteiger partial charge in [-0.2, -0.15) is 0 Å². The van der Waals surface area contributed by atoms with E-state index in [2.05, 4.69) is 4.98 Å². The molecule has 3 rings (SSSR count). The number of amides is 2. The number of nitrogens with two attached hydrogens (primary N) is 1. The van der Waals surface area contributed by atoms with Gasteiger partial charge in [0.15, 0.2) is 0 Å². The molecule has 2 fully saturated rings. The lowest BCUT2D eigenvalue weighted by molar-refractivity contribution is -0.115. The summed E-state index contributed by atoms with van der Waals surface area (Å²) in [5.41, 5.74) is 5.79. The second-order valence-electron chi connectivity index (χ2n) is 6.46. The summed E-state index contributed by atoms with van der Waals surface area (Å²) in [4.78, 5) is 30.1. The molecule has 124 valence electrons. The van der Waals surface area contributed by atoms with Crippen LogP contribution >= 0.6 is 11.8 Å². The highest BCUT2D eigenvalue weighted by Gasteiger charge is 2.33. The maximum Gasteiger partial charge on any atom is 0.256 e. The largest absolute Gasteiger partial charge is 0.369 e. The smallest absolute Gasteiger partial charge is 0.256 e. The number of fused-ring (bicyclic) bond motifs is 1. The zero-order chi connectivity index (χ0) is 16.2. The van der Waals surface area contributed by atoms with E-state index in [1.54, 1.807) is 18.3 Å². The van der Waals surface area contributed by atoms with E-state index in [-0.39, 0.29) is 11.7 Å². The number of primary amides is 1. The first kappa shape index (κ1) is 16.3. The Balaban J connectivity index is 1.71. The third-order valence-corrected chi connectivity index (χ3v) is 5.96. The lowest BCUT2D eigenvalue weighted by atomic mass is 9.75. The van der Waals surface area contributed by atoms with Crippen molar-refractivity contribution in [3.8, 4) is 0 Å². The van der Waals surface area contributed by atoms with Crippen LogP contribution in [0.15, 0.2) is 23.4 Å². The number of thioether (sulfide) groups is 1. The van der Waals surface area contributed by atoms with Gasteiger partial charge in [-0.3, -0.25) is 9.59 Å². The standard InChI is InChI=1S/C17H23N3O2S/c18-15(21)11-23-16-14(6-3-8-19-16)17(22)20-9-7-12-4-1-2-5-13(12)10-20/h3,6,8,12-13H,1-2,4-5,7,9-11H2,(H2,18,21)/t12-,13+/m0/s1. The molecule has 1 aromatic rings. The van der Waals surface area contributed by atoms with Crippen LogP contribution in [0, 0.1) is 11.8 Å². The molecular formula is C17H23N3O2S. The van der Waals surface area contributed by atoms with E-state index < -0.39 is 5.91 Å². The number of carbonyl (C=O) groups excluding carboxylic acids is 2. The van der Waals surface area contributed by atoms with Gasteiger partial charge in [-0.05, 0) is 36.8 Å². The number of pyridine rings is 1. The molecule has 1 aromatic heterocycles. The molecule has 1 saturated heterocycles. The minimum absolute atomic E-state index is 0.0362. The molecule has 1 aliphatic carbocycles. The van der Waals surface area contributed by atoms with E-state index in [1.807, 2.05) is 4.90 Å². The average molecular weight is 333 g/mol. The van der Waals surface area contributed by atoms with Crippen molar-refractivity contribution in [3.05, 3.63) is 23.9 Å². The Kier molecular flexibility index (Phi) is 5.20. The third kappa shape index (κ3) is 3.86. The van der Waals surface area contributed by atoms with Gasteiger partial charge in [0.25, 0.3) is 5.91 Å². The Hall–Kier alpha value is -1.56. The Bertz CT molecular complexity index is 593. The van der Waals surface area contributed by atoms with Crippen molar-refractivity contribution in [3.63, 3.8) is 0 Å².